The van der Waals surface area contributed by atoms with Gasteiger partial charge in [-0.05, 0) is 42.7 Å². The summed E-state index contributed by atoms with van der Waals surface area (Å²) in [5.41, 5.74) is 0.584. The second-order valence-corrected chi connectivity index (χ2v) is 5.81. The summed E-state index contributed by atoms with van der Waals surface area (Å²) in [7, 11) is 1.54. The number of hydrogen-bond donors (Lipinski definition) is 2. The van der Waals surface area contributed by atoms with Gasteiger partial charge in [-0.15, -0.1) is 0 Å². The lowest BCUT2D eigenvalue weighted by atomic mass is 9.88. The first kappa shape index (κ1) is 17.6. The van der Waals surface area contributed by atoms with Crippen LogP contribution in [0.25, 0.3) is 0 Å². The highest BCUT2D eigenvalue weighted by molar-refractivity contribution is 5.79. The molecule has 24 heavy (non-hydrogen) atoms. The normalized spacial score (nSPS) is 13.1. The highest BCUT2D eigenvalue weighted by atomic mass is 16.5. The van der Waals surface area contributed by atoms with E-state index in [2.05, 4.69) is 5.32 Å². The van der Waals surface area contributed by atoms with Crippen molar-refractivity contribution in [3.63, 3.8) is 0 Å². The maximum absolute atomic E-state index is 12.3. The lowest BCUT2D eigenvalue weighted by Crippen LogP contribution is -2.45. The molecular formula is C18H21NO5. The third kappa shape index (κ3) is 4.62. The molecule has 1 unspecified atom stereocenters. The second kappa shape index (κ2) is 7.68. The van der Waals surface area contributed by atoms with Gasteiger partial charge in [-0.25, -0.2) is 0 Å². The molecule has 6 nitrogen and oxygen atoms in total. The van der Waals surface area contributed by atoms with Gasteiger partial charge >= 0.3 is 5.97 Å². The fraction of sp³-hybridized carbons (Fsp3) is 0.333. The van der Waals surface area contributed by atoms with Gasteiger partial charge in [0.05, 0.1) is 31.6 Å². The molecule has 1 atom stereocenters. The van der Waals surface area contributed by atoms with Crippen molar-refractivity contribution < 1.29 is 23.8 Å². The van der Waals surface area contributed by atoms with Gasteiger partial charge in [0.25, 0.3) is 0 Å². The fourth-order valence-electron chi connectivity index (χ4n) is 2.55. The van der Waals surface area contributed by atoms with Crippen LogP contribution in [-0.2, 0) is 21.5 Å². The van der Waals surface area contributed by atoms with Crippen molar-refractivity contribution in [1.29, 1.82) is 0 Å². The number of carboxylic acids is 1. The summed E-state index contributed by atoms with van der Waals surface area (Å²) in [6.45, 7) is 1.70. The van der Waals surface area contributed by atoms with Crippen molar-refractivity contribution in [2.75, 3.05) is 7.11 Å². The fourth-order valence-corrected chi connectivity index (χ4v) is 2.55. The maximum Gasteiger partial charge on any atom is 0.306 e. The van der Waals surface area contributed by atoms with Crippen molar-refractivity contribution in [3.05, 3.63) is 54.0 Å². The zero-order valence-electron chi connectivity index (χ0n) is 13.7. The van der Waals surface area contributed by atoms with E-state index in [1.165, 1.54) is 7.11 Å². The van der Waals surface area contributed by atoms with E-state index in [9.17, 15) is 14.7 Å². The average molecular weight is 331 g/mol. The highest BCUT2D eigenvalue weighted by Gasteiger charge is 2.31. The number of rotatable bonds is 8. The summed E-state index contributed by atoms with van der Waals surface area (Å²) >= 11 is 0. The molecule has 0 aliphatic rings. The molecule has 0 aliphatic heterocycles. The van der Waals surface area contributed by atoms with Gasteiger partial charge in [-0.2, -0.15) is 0 Å². The van der Waals surface area contributed by atoms with Gasteiger partial charge in [-0.3, -0.25) is 9.59 Å². The molecule has 0 fully saturated rings. The monoisotopic (exact) mass is 331 g/mol. The van der Waals surface area contributed by atoms with Crippen LogP contribution >= 0.6 is 0 Å². The minimum atomic E-state index is -1.02. The first-order chi connectivity index (χ1) is 11.4. The molecule has 1 aromatic heterocycles. The molecule has 128 valence electrons. The lowest BCUT2D eigenvalue weighted by Gasteiger charge is -2.30. The Morgan fingerprint density at radius 3 is 2.75 bits per heavy atom. The third-order valence-corrected chi connectivity index (χ3v) is 3.85. The molecule has 1 amide bonds. The molecule has 0 spiro atoms. The van der Waals surface area contributed by atoms with Gasteiger partial charge < -0.3 is 19.6 Å². The molecule has 0 radical (unpaired) electrons. The zero-order valence-corrected chi connectivity index (χ0v) is 13.7. The van der Waals surface area contributed by atoms with Crippen molar-refractivity contribution in [2.45, 2.75) is 31.7 Å². The number of carbonyl (C=O) groups excluding carboxylic acids is 1. The minimum absolute atomic E-state index is 0.220. The van der Waals surface area contributed by atoms with Crippen molar-refractivity contribution in [2.24, 2.45) is 0 Å². The van der Waals surface area contributed by atoms with Crippen LogP contribution in [0.15, 0.2) is 47.3 Å². The summed E-state index contributed by atoms with van der Waals surface area (Å²) in [6, 6.07) is 8.85. The van der Waals surface area contributed by atoms with Crippen LogP contribution < -0.4 is 10.1 Å². The Morgan fingerprint density at radius 1 is 1.33 bits per heavy atom. The molecule has 1 aromatic carbocycles. The molecule has 0 aliphatic carbocycles. The standard InChI is InChI=1S/C18H21NO5/c1-18(11-17(21)22,14-4-3-5-15(10-14)23-2)19-16(20)7-6-13-8-9-24-12-13/h3-5,8-10,12H,6-7,11H2,1-2H3,(H,19,20)(H,21,22). The Balaban J connectivity index is 2.13. The number of benzene rings is 1. The Bertz CT molecular complexity index is 695. The number of carbonyl (C=O) groups is 2. The quantitative estimate of drug-likeness (QED) is 0.776. The van der Waals surface area contributed by atoms with Crippen LogP contribution in [0.1, 0.15) is 30.9 Å². The van der Waals surface area contributed by atoms with E-state index < -0.39 is 11.5 Å². The number of furan rings is 1. The van der Waals surface area contributed by atoms with Gasteiger partial charge in [0.1, 0.15) is 5.75 Å². The largest absolute Gasteiger partial charge is 0.497 e. The van der Waals surface area contributed by atoms with Gasteiger partial charge in [0.2, 0.25) is 5.91 Å². The molecule has 0 bridgehead atoms. The molecule has 1 heterocycles. The number of carboxylic acid groups (broad SMARTS) is 1. The molecule has 6 heteroatoms. The van der Waals surface area contributed by atoms with Crippen LogP contribution in [0, 0.1) is 0 Å². The minimum Gasteiger partial charge on any atom is -0.497 e. The van der Waals surface area contributed by atoms with E-state index in [0.717, 1.165) is 5.56 Å². The van der Waals surface area contributed by atoms with E-state index >= 15 is 0 Å². The van der Waals surface area contributed by atoms with E-state index in [-0.39, 0.29) is 18.7 Å². The van der Waals surface area contributed by atoms with Crippen LogP contribution in [0.4, 0.5) is 0 Å². The summed E-state index contributed by atoms with van der Waals surface area (Å²) in [6.07, 6.45) is 3.70. The predicted molar refractivity (Wildman–Crippen MR) is 87.8 cm³/mol. The van der Waals surface area contributed by atoms with Crippen LogP contribution in [0.2, 0.25) is 0 Å². The molecule has 2 aromatic rings. The Labute approximate surface area is 140 Å². The SMILES string of the molecule is COc1cccc(C(C)(CC(=O)O)NC(=O)CCc2ccoc2)c1. The number of amides is 1. The first-order valence-electron chi connectivity index (χ1n) is 7.61. The van der Waals surface area contributed by atoms with E-state index in [1.54, 1.807) is 49.8 Å². The van der Waals surface area contributed by atoms with Crippen molar-refractivity contribution >= 4 is 11.9 Å². The average Bonchev–Trinajstić information content (AvgIpc) is 3.05. The summed E-state index contributed by atoms with van der Waals surface area (Å²) < 4.78 is 10.2. The highest BCUT2D eigenvalue weighted by Crippen LogP contribution is 2.28. The molecular weight excluding hydrogens is 310 g/mol. The number of methoxy groups -OCH3 is 1. The van der Waals surface area contributed by atoms with Crippen molar-refractivity contribution in [3.8, 4) is 5.75 Å². The number of nitrogens with one attached hydrogen (secondary N) is 1. The molecule has 0 saturated carbocycles. The van der Waals surface area contributed by atoms with Crippen LogP contribution in [0.3, 0.4) is 0 Å². The second-order valence-electron chi connectivity index (χ2n) is 5.81. The molecule has 2 rings (SSSR count). The molecule has 0 saturated heterocycles. The smallest absolute Gasteiger partial charge is 0.306 e. The summed E-state index contributed by atoms with van der Waals surface area (Å²) in [5, 5.41) is 12.1. The Kier molecular flexibility index (Phi) is 5.63. The summed E-state index contributed by atoms with van der Waals surface area (Å²) in [4.78, 5) is 23.6. The van der Waals surface area contributed by atoms with Gasteiger partial charge in [0.15, 0.2) is 0 Å². The van der Waals surface area contributed by atoms with E-state index in [0.29, 0.717) is 17.7 Å². The Morgan fingerprint density at radius 2 is 2.12 bits per heavy atom. The number of aryl methyl sites for hydroxylation is 1. The van der Waals surface area contributed by atoms with E-state index in [1.807, 2.05) is 0 Å². The maximum atomic E-state index is 12.3. The summed E-state index contributed by atoms with van der Waals surface area (Å²) in [5.74, 6) is -0.602. The van der Waals surface area contributed by atoms with Crippen LogP contribution in [0.5, 0.6) is 5.75 Å². The topological polar surface area (TPSA) is 88.8 Å². The zero-order chi connectivity index (χ0) is 17.6. The molecule has 2 N–H and O–H groups in total. The van der Waals surface area contributed by atoms with Crippen LogP contribution in [-0.4, -0.2) is 24.1 Å². The predicted octanol–water partition coefficient (Wildman–Crippen LogP) is 2.73. The lowest BCUT2D eigenvalue weighted by molar-refractivity contribution is -0.139. The third-order valence-electron chi connectivity index (χ3n) is 3.85. The van der Waals surface area contributed by atoms with Crippen molar-refractivity contribution in [1.82, 2.24) is 5.32 Å². The van der Waals surface area contributed by atoms with Gasteiger partial charge in [-0.1, -0.05) is 12.1 Å². The first-order valence-corrected chi connectivity index (χ1v) is 7.61. The van der Waals surface area contributed by atoms with Gasteiger partial charge in [0, 0.05) is 6.42 Å². The number of aliphatic carboxylic acids is 1. The Hall–Kier alpha value is -2.76. The number of ether oxygens (including phenoxy) is 1. The van der Waals surface area contributed by atoms with E-state index in [4.69, 9.17) is 9.15 Å². The number of hydrogen-bond acceptors (Lipinski definition) is 4.